The van der Waals surface area contributed by atoms with E-state index in [1.54, 1.807) is 0 Å². The Morgan fingerprint density at radius 1 is 0.263 bits per heavy atom. The Morgan fingerprint density at radius 2 is 0.697 bits per heavy atom. The van der Waals surface area contributed by atoms with Crippen molar-refractivity contribution >= 4 is 96.9 Å². The molecule has 0 aliphatic heterocycles. The fraction of sp³-hybridized carbons (Fsp3) is 0. The van der Waals surface area contributed by atoms with Crippen molar-refractivity contribution < 1.29 is 0 Å². The van der Waals surface area contributed by atoms with Gasteiger partial charge >= 0.3 is 0 Å². The number of aromatic nitrogens is 6. The van der Waals surface area contributed by atoms with Gasteiger partial charge in [-0.25, -0.2) is 15.0 Å². The minimum absolute atomic E-state index is 0.583. The SMILES string of the molecule is c1ccc(-c2nc(-c3ccccc3)nc(-c3cc(-c4cccc5c4sc4ccccc45)ccc3-n3c4cc(-n5c6ccccc6c6ccccc65)ccc4c4ccc(-n5c6ccccc6c6ccccc65)cc43)n2)cc1. The molecule has 0 bridgehead atoms. The molecule has 16 rings (SSSR count). The summed E-state index contributed by atoms with van der Waals surface area (Å²) in [7, 11) is 0. The summed E-state index contributed by atoms with van der Waals surface area (Å²) >= 11 is 1.84. The van der Waals surface area contributed by atoms with Crippen molar-refractivity contribution in [2.75, 3.05) is 0 Å². The zero-order valence-corrected chi connectivity index (χ0v) is 41.7. The number of benzene rings is 11. The summed E-state index contributed by atoms with van der Waals surface area (Å²) in [6.45, 7) is 0. The second-order valence-corrected chi connectivity index (χ2v) is 20.6. The second kappa shape index (κ2) is 16.8. The van der Waals surface area contributed by atoms with Gasteiger partial charge in [0.05, 0.1) is 38.8 Å². The lowest BCUT2D eigenvalue weighted by molar-refractivity contribution is 1.06. The number of para-hydroxylation sites is 4. The largest absolute Gasteiger partial charge is 0.309 e. The summed E-state index contributed by atoms with van der Waals surface area (Å²) < 4.78 is 9.80. The molecule has 0 fully saturated rings. The molecule has 0 spiro atoms. The highest BCUT2D eigenvalue weighted by Crippen LogP contribution is 2.45. The van der Waals surface area contributed by atoms with E-state index in [1.165, 1.54) is 41.7 Å². The standard InChI is InChI=1S/C69H42N6S/c1-3-18-43(19-4-1)67-70-68(44-20-5-2-6-21-44)72-69(71-67)57-40-45(48-27-17-28-56-55-26-11-16-33-65(55)76-66(48)56)34-39-62(57)75-63-41-46(73-58-29-12-7-22-49(58)50-23-8-13-30-59(50)73)35-37-53(63)54-38-36-47(42-64(54)75)74-60-31-14-9-24-51(60)52-25-10-15-32-61(52)74/h1-42H. The van der Waals surface area contributed by atoms with Crippen LogP contribution in [0.1, 0.15) is 0 Å². The molecule has 0 saturated heterocycles. The molecule has 16 aromatic rings. The maximum atomic E-state index is 5.47. The molecular weight excluding hydrogens is 945 g/mol. The smallest absolute Gasteiger partial charge is 0.166 e. The number of rotatable bonds is 7. The fourth-order valence-corrected chi connectivity index (χ4v) is 13.2. The molecule has 0 aliphatic carbocycles. The third-order valence-electron chi connectivity index (χ3n) is 15.3. The van der Waals surface area contributed by atoms with Crippen LogP contribution in [0.25, 0.3) is 148 Å². The van der Waals surface area contributed by atoms with Crippen LogP contribution >= 0.6 is 11.3 Å². The number of hydrogen-bond donors (Lipinski definition) is 0. The summed E-state index contributed by atoms with van der Waals surface area (Å²) in [5, 5.41) is 9.69. The summed E-state index contributed by atoms with van der Waals surface area (Å²) in [4.78, 5) is 16.1. The molecule has 0 atom stereocenters. The van der Waals surface area contributed by atoms with Gasteiger partial charge in [-0.2, -0.15) is 0 Å². The zero-order chi connectivity index (χ0) is 49.8. The molecule has 5 aromatic heterocycles. The van der Waals surface area contributed by atoms with Crippen molar-refractivity contribution in [2.24, 2.45) is 0 Å². The highest BCUT2D eigenvalue weighted by atomic mass is 32.1. The lowest BCUT2D eigenvalue weighted by Crippen LogP contribution is -2.04. The predicted octanol–water partition coefficient (Wildman–Crippen LogP) is 18.2. The van der Waals surface area contributed by atoms with Gasteiger partial charge in [0, 0.05) is 80.6 Å². The van der Waals surface area contributed by atoms with E-state index in [-0.39, 0.29) is 0 Å². The van der Waals surface area contributed by atoms with Crippen LogP contribution in [0.5, 0.6) is 0 Å². The number of hydrogen-bond acceptors (Lipinski definition) is 4. The van der Waals surface area contributed by atoms with Crippen molar-refractivity contribution in [3.05, 3.63) is 255 Å². The van der Waals surface area contributed by atoms with Gasteiger partial charge in [0.15, 0.2) is 17.5 Å². The van der Waals surface area contributed by atoms with E-state index >= 15 is 0 Å². The van der Waals surface area contributed by atoms with Crippen LogP contribution in [0, 0.1) is 0 Å². The lowest BCUT2D eigenvalue weighted by atomic mass is 9.99. The van der Waals surface area contributed by atoms with Crippen molar-refractivity contribution in [1.29, 1.82) is 0 Å². The average Bonchev–Trinajstić information content (AvgIpc) is 4.24. The summed E-state index contributed by atoms with van der Waals surface area (Å²) in [6, 6.07) is 91.7. The number of nitrogens with zero attached hydrogens (tertiary/aromatic N) is 6. The van der Waals surface area contributed by atoms with Gasteiger partial charge in [0.2, 0.25) is 0 Å². The van der Waals surface area contributed by atoms with Gasteiger partial charge < -0.3 is 13.7 Å². The van der Waals surface area contributed by atoms with Crippen molar-refractivity contribution in [1.82, 2.24) is 28.7 Å². The third-order valence-corrected chi connectivity index (χ3v) is 16.5. The number of thiophene rings is 1. The van der Waals surface area contributed by atoms with E-state index in [2.05, 4.69) is 232 Å². The van der Waals surface area contributed by atoms with E-state index in [4.69, 9.17) is 15.0 Å². The predicted molar refractivity (Wildman–Crippen MR) is 317 cm³/mol. The molecule has 354 valence electrons. The monoisotopic (exact) mass is 986 g/mol. The second-order valence-electron chi connectivity index (χ2n) is 19.5. The van der Waals surface area contributed by atoms with Crippen LogP contribution in [0.2, 0.25) is 0 Å². The van der Waals surface area contributed by atoms with E-state index < -0.39 is 0 Å². The molecule has 76 heavy (non-hydrogen) atoms. The Balaban J connectivity index is 1.03. The molecule has 0 unspecified atom stereocenters. The van der Waals surface area contributed by atoms with Gasteiger partial charge in [-0.15, -0.1) is 11.3 Å². The van der Waals surface area contributed by atoms with Crippen molar-refractivity contribution in [2.45, 2.75) is 0 Å². The summed E-state index contributed by atoms with van der Waals surface area (Å²) in [5.74, 6) is 1.80. The molecular formula is C69H42N6S. The molecule has 0 amide bonds. The van der Waals surface area contributed by atoms with Crippen LogP contribution in [-0.4, -0.2) is 28.7 Å². The quantitative estimate of drug-likeness (QED) is 0.160. The Labute approximate surface area is 440 Å². The number of fused-ring (bicyclic) bond motifs is 12. The molecule has 11 aromatic carbocycles. The highest BCUT2D eigenvalue weighted by molar-refractivity contribution is 7.26. The lowest BCUT2D eigenvalue weighted by Gasteiger charge is -2.17. The van der Waals surface area contributed by atoms with E-state index in [0.717, 1.165) is 88.8 Å². The minimum Gasteiger partial charge on any atom is -0.309 e. The van der Waals surface area contributed by atoms with Crippen molar-refractivity contribution in [3.63, 3.8) is 0 Å². The Morgan fingerprint density at radius 3 is 1.22 bits per heavy atom. The summed E-state index contributed by atoms with van der Waals surface area (Å²) in [5.41, 5.74) is 14.8. The molecule has 0 radical (unpaired) electrons. The highest BCUT2D eigenvalue weighted by Gasteiger charge is 2.24. The van der Waals surface area contributed by atoms with Crippen molar-refractivity contribution in [3.8, 4) is 62.4 Å². The fourth-order valence-electron chi connectivity index (χ4n) is 11.9. The normalized spacial score (nSPS) is 11.9. The first-order chi connectivity index (χ1) is 37.7. The van der Waals surface area contributed by atoms with E-state index in [0.29, 0.717) is 17.5 Å². The zero-order valence-electron chi connectivity index (χ0n) is 40.8. The van der Waals surface area contributed by atoms with Gasteiger partial charge in [0.1, 0.15) is 0 Å². The first-order valence-electron chi connectivity index (χ1n) is 25.7. The molecule has 0 aliphatic rings. The van der Waals surface area contributed by atoms with E-state index in [9.17, 15) is 0 Å². The first kappa shape index (κ1) is 42.5. The van der Waals surface area contributed by atoms with Crippen LogP contribution in [0.15, 0.2) is 255 Å². The molecule has 0 N–H and O–H groups in total. The van der Waals surface area contributed by atoms with Crippen LogP contribution in [-0.2, 0) is 0 Å². The average molecular weight is 987 g/mol. The molecule has 6 nitrogen and oxygen atoms in total. The maximum Gasteiger partial charge on any atom is 0.166 e. The third kappa shape index (κ3) is 6.49. The maximum absolute atomic E-state index is 5.47. The van der Waals surface area contributed by atoms with Crippen LogP contribution in [0.4, 0.5) is 0 Å². The molecule has 0 saturated carbocycles. The Kier molecular flexibility index (Phi) is 9.40. The van der Waals surface area contributed by atoms with Crippen LogP contribution < -0.4 is 0 Å². The van der Waals surface area contributed by atoms with Gasteiger partial charge in [-0.1, -0.05) is 188 Å². The van der Waals surface area contributed by atoms with Gasteiger partial charge in [0.25, 0.3) is 0 Å². The molecule has 7 heteroatoms. The Bertz CT molecular complexity index is 4670. The summed E-state index contributed by atoms with van der Waals surface area (Å²) in [6.07, 6.45) is 0. The first-order valence-corrected chi connectivity index (χ1v) is 26.5. The van der Waals surface area contributed by atoms with Gasteiger partial charge in [-0.3, -0.25) is 0 Å². The van der Waals surface area contributed by atoms with E-state index in [1.807, 2.05) is 47.7 Å². The van der Waals surface area contributed by atoms with Gasteiger partial charge in [-0.05, 0) is 77.9 Å². The minimum atomic E-state index is 0.583. The Hall–Kier alpha value is -9.95. The topological polar surface area (TPSA) is 53.5 Å². The molecule has 5 heterocycles. The van der Waals surface area contributed by atoms with Crippen LogP contribution in [0.3, 0.4) is 0 Å².